The molecule has 0 amide bonds. The van der Waals surface area contributed by atoms with E-state index in [1.54, 1.807) is 0 Å². The standard InChI is InChI=1S/C10H21N.ClH/c1-9(2)5-4-6-10(3,7-9)8-11;/h4-8,11H2,1-3H3;1H/i4T,5T,6T;. The Kier molecular flexibility index (Phi) is 2.53. The average molecular weight is 198 g/mol. The van der Waals surface area contributed by atoms with Gasteiger partial charge in [0.2, 0.25) is 0 Å². The van der Waals surface area contributed by atoms with Crippen molar-refractivity contribution in [1.29, 1.82) is 0 Å². The molecule has 0 saturated heterocycles. The third-order valence-corrected chi connectivity index (χ3v) is 2.48. The average Bonchev–Trinajstić information content (AvgIpc) is 2.11. The van der Waals surface area contributed by atoms with Crippen LogP contribution in [0.3, 0.4) is 0 Å². The molecule has 0 spiro atoms. The second-order valence-electron chi connectivity index (χ2n) is 4.60. The Balaban J connectivity index is 0.00000196. The smallest absolute Gasteiger partial charge is 0.0794 e. The quantitative estimate of drug-likeness (QED) is 0.550. The Morgan fingerprint density at radius 1 is 1.33 bits per heavy atom. The highest BCUT2D eigenvalue weighted by Crippen LogP contribution is 2.44. The van der Waals surface area contributed by atoms with E-state index in [4.69, 9.17) is 4.11 Å². The lowest BCUT2D eigenvalue weighted by Gasteiger charge is -2.40. The Bertz CT molecular complexity index is 225. The number of quaternary nitrogens is 1. The molecule has 0 aromatic heterocycles. The molecule has 1 aliphatic rings. The number of hydrogen-bond donors (Lipinski definition) is 1. The maximum Gasteiger partial charge on any atom is 0.0794 e. The molecule has 4 atom stereocenters. The van der Waals surface area contributed by atoms with Gasteiger partial charge in [-0.3, -0.25) is 0 Å². The fourth-order valence-electron chi connectivity index (χ4n) is 1.87. The van der Waals surface area contributed by atoms with Crippen LogP contribution in [0.4, 0.5) is 0 Å². The number of hydrogen-bond acceptors (Lipinski definition) is 0. The third-order valence-electron chi connectivity index (χ3n) is 2.48. The van der Waals surface area contributed by atoms with Crippen molar-refractivity contribution in [1.82, 2.24) is 0 Å². The molecular formula is C10H22ClN. The molecular weight excluding hydrogens is 170 g/mol. The monoisotopic (exact) mass is 197 g/mol. The van der Waals surface area contributed by atoms with E-state index in [-0.39, 0.29) is 23.2 Å². The van der Waals surface area contributed by atoms with Gasteiger partial charge in [-0.2, -0.15) is 0 Å². The van der Waals surface area contributed by atoms with Gasteiger partial charge in [0.05, 0.1) is 6.54 Å². The van der Waals surface area contributed by atoms with Gasteiger partial charge in [0, 0.05) is 9.53 Å². The summed E-state index contributed by atoms with van der Waals surface area (Å²) in [5.41, 5.74) is 3.55. The van der Waals surface area contributed by atoms with Gasteiger partial charge in [-0.15, -0.1) is 0 Å². The highest BCUT2D eigenvalue weighted by atomic mass is 35.5. The van der Waals surface area contributed by atoms with E-state index in [9.17, 15) is 0 Å². The normalized spacial score (nSPS) is 56.0. The van der Waals surface area contributed by atoms with Crippen molar-refractivity contribution in [2.45, 2.75) is 46.4 Å². The number of rotatable bonds is 1. The van der Waals surface area contributed by atoms with E-state index in [2.05, 4.69) is 5.73 Å². The van der Waals surface area contributed by atoms with E-state index in [1.807, 2.05) is 20.8 Å². The van der Waals surface area contributed by atoms with Gasteiger partial charge < -0.3 is 18.1 Å². The number of halogens is 1. The molecule has 3 N–H and O–H groups in total. The van der Waals surface area contributed by atoms with Crippen molar-refractivity contribution >= 4 is 0 Å². The zero-order valence-electron chi connectivity index (χ0n) is 11.2. The van der Waals surface area contributed by atoms with Crippen LogP contribution in [0, 0.1) is 10.8 Å². The molecule has 1 aliphatic carbocycles. The van der Waals surface area contributed by atoms with Gasteiger partial charge in [0.1, 0.15) is 0 Å². The lowest BCUT2D eigenvalue weighted by molar-refractivity contribution is -0.395. The van der Waals surface area contributed by atoms with E-state index in [0.29, 0.717) is 6.54 Å². The minimum atomic E-state index is -0.592. The second kappa shape index (κ2) is 3.97. The van der Waals surface area contributed by atoms with Crippen molar-refractivity contribution in [3.05, 3.63) is 0 Å². The molecule has 2 heteroatoms. The molecule has 4 unspecified atom stereocenters. The molecule has 0 aromatic rings. The first kappa shape index (κ1) is 7.64. The maximum absolute atomic E-state index is 7.99. The fraction of sp³-hybridized carbons (Fsp3) is 1.00. The Morgan fingerprint density at radius 2 is 1.92 bits per heavy atom. The van der Waals surface area contributed by atoms with E-state index in [0.717, 1.165) is 6.42 Å². The first-order valence-electron chi connectivity index (χ1n) is 6.04. The van der Waals surface area contributed by atoms with Crippen molar-refractivity contribution in [2.24, 2.45) is 10.8 Å². The lowest BCUT2D eigenvalue weighted by Crippen LogP contribution is -3.00. The molecule has 0 aromatic carbocycles. The van der Waals surface area contributed by atoms with Crippen LogP contribution < -0.4 is 18.1 Å². The van der Waals surface area contributed by atoms with Gasteiger partial charge >= 0.3 is 0 Å². The van der Waals surface area contributed by atoms with Crippen LogP contribution in [0.5, 0.6) is 0 Å². The topological polar surface area (TPSA) is 27.6 Å². The van der Waals surface area contributed by atoms with Gasteiger partial charge in [-0.1, -0.05) is 27.2 Å². The fourth-order valence-corrected chi connectivity index (χ4v) is 1.87. The van der Waals surface area contributed by atoms with Crippen LogP contribution in [-0.2, 0) is 0 Å². The van der Waals surface area contributed by atoms with Crippen LogP contribution in [0.1, 0.15) is 50.5 Å². The van der Waals surface area contributed by atoms with Crippen molar-refractivity contribution in [3.8, 4) is 0 Å². The molecule has 0 radical (unpaired) electrons. The van der Waals surface area contributed by atoms with Crippen LogP contribution in [0.2, 0.25) is 0 Å². The van der Waals surface area contributed by atoms with Gasteiger partial charge in [0.25, 0.3) is 0 Å². The van der Waals surface area contributed by atoms with E-state index >= 15 is 0 Å². The molecule has 12 heavy (non-hydrogen) atoms. The first-order chi connectivity index (χ1) is 6.24. The lowest BCUT2D eigenvalue weighted by atomic mass is 9.64. The zero-order chi connectivity index (χ0) is 11.1. The summed E-state index contributed by atoms with van der Waals surface area (Å²) in [6, 6.07) is 0. The first-order valence-corrected chi connectivity index (χ1v) is 4.30. The predicted molar refractivity (Wildman–Crippen MR) is 48.1 cm³/mol. The summed E-state index contributed by atoms with van der Waals surface area (Å²) in [7, 11) is 0. The van der Waals surface area contributed by atoms with Crippen molar-refractivity contribution < 1.29 is 22.3 Å². The largest absolute Gasteiger partial charge is 1.00 e. The summed E-state index contributed by atoms with van der Waals surface area (Å²) in [5, 5.41) is 0. The summed E-state index contributed by atoms with van der Waals surface area (Å²) < 4.78 is 23.8. The van der Waals surface area contributed by atoms with Crippen molar-refractivity contribution in [3.63, 3.8) is 0 Å². The molecule has 1 rings (SSSR count). The Morgan fingerprint density at radius 3 is 2.42 bits per heavy atom. The zero-order valence-corrected chi connectivity index (χ0v) is 8.99. The summed E-state index contributed by atoms with van der Waals surface area (Å²) >= 11 is 0. The van der Waals surface area contributed by atoms with E-state index in [1.165, 1.54) is 0 Å². The minimum Gasteiger partial charge on any atom is -1.00 e. The molecule has 1 fully saturated rings. The minimum absolute atomic E-state index is 0. The summed E-state index contributed by atoms with van der Waals surface area (Å²) in [4.78, 5) is 0. The molecule has 1 saturated carbocycles. The Labute approximate surface area is 86.7 Å². The van der Waals surface area contributed by atoms with Crippen LogP contribution in [0.15, 0.2) is 0 Å². The predicted octanol–water partition coefficient (Wildman–Crippen LogP) is -1.16. The maximum atomic E-state index is 7.99. The highest BCUT2D eigenvalue weighted by molar-refractivity contribution is 4.86. The van der Waals surface area contributed by atoms with Gasteiger partial charge in [-0.25, -0.2) is 0 Å². The molecule has 0 aliphatic heterocycles. The van der Waals surface area contributed by atoms with Crippen molar-refractivity contribution in [2.75, 3.05) is 6.54 Å². The van der Waals surface area contributed by atoms with Crippen LogP contribution in [0.25, 0.3) is 0 Å². The highest BCUT2D eigenvalue weighted by Gasteiger charge is 2.36. The van der Waals surface area contributed by atoms with Gasteiger partial charge in [-0.05, 0) is 24.6 Å². The van der Waals surface area contributed by atoms with E-state index < -0.39 is 19.2 Å². The summed E-state index contributed by atoms with van der Waals surface area (Å²) in [6.45, 7) is 6.79. The third kappa shape index (κ3) is 2.95. The SMILES string of the molecule is [3H]C1C([3H])C(C)(C)CC(C)(C[NH3+])C1[3H].[Cl-]. The van der Waals surface area contributed by atoms with Crippen LogP contribution in [-0.4, -0.2) is 6.54 Å². The second-order valence-corrected chi connectivity index (χ2v) is 4.60. The molecule has 1 nitrogen and oxygen atoms in total. The summed E-state index contributed by atoms with van der Waals surface area (Å²) in [5.74, 6) is 0. The van der Waals surface area contributed by atoms with Gasteiger partial charge in [0.15, 0.2) is 0 Å². The Hall–Kier alpha value is 0.250. The molecule has 0 bridgehead atoms. The molecule has 74 valence electrons. The van der Waals surface area contributed by atoms with Crippen LogP contribution >= 0.6 is 0 Å². The molecule has 0 heterocycles. The summed E-state index contributed by atoms with van der Waals surface area (Å²) in [6.07, 6.45) is -0.660.